The van der Waals surface area contributed by atoms with Crippen molar-refractivity contribution in [3.8, 4) is 0 Å². The molecule has 110 valence electrons. The van der Waals surface area contributed by atoms with Crippen LogP contribution in [0.15, 0.2) is 17.1 Å². The summed E-state index contributed by atoms with van der Waals surface area (Å²) in [5.74, 6) is 0. The minimum absolute atomic E-state index is 0.105. The first-order valence-corrected chi connectivity index (χ1v) is 9.37. The number of nitrogens with one attached hydrogen (secondary N) is 1. The predicted molar refractivity (Wildman–Crippen MR) is 88.5 cm³/mol. The second kappa shape index (κ2) is 5.40. The summed E-state index contributed by atoms with van der Waals surface area (Å²) in [4.78, 5) is 4.24. The van der Waals surface area contributed by atoms with Gasteiger partial charge in [-0.15, -0.1) is 11.8 Å². The molecule has 1 unspecified atom stereocenters. The van der Waals surface area contributed by atoms with Crippen molar-refractivity contribution in [1.82, 2.24) is 0 Å². The van der Waals surface area contributed by atoms with E-state index >= 15 is 0 Å². The third-order valence-corrected chi connectivity index (χ3v) is 6.94. The van der Waals surface area contributed by atoms with Gasteiger partial charge in [0.05, 0.1) is 27.6 Å². The number of halogens is 2. The third kappa shape index (κ3) is 2.93. The summed E-state index contributed by atoms with van der Waals surface area (Å²) in [5.41, 5.74) is 1.13. The number of hydrogen-bond acceptors (Lipinski definition) is 5. The topological polar surface area (TPSA) is 58.5 Å². The summed E-state index contributed by atoms with van der Waals surface area (Å²) in [6.07, 6.45) is 2.60. The molecule has 0 saturated heterocycles. The van der Waals surface area contributed by atoms with E-state index in [1.54, 1.807) is 12.1 Å². The lowest BCUT2D eigenvalue weighted by atomic mass is 10.2. The van der Waals surface area contributed by atoms with Crippen LogP contribution in [0.1, 0.15) is 13.8 Å². The van der Waals surface area contributed by atoms with Crippen molar-refractivity contribution in [2.45, 2.75) is 23.3 Å². The van der Waals surface area contributed by atoms with Crippen LogP contribution >= 0.6 is 35.0 Å². The molecule has 0 amide bonds. The highest BCUT2D eigenvalue weighted by atomic mass is 35.5. The van der Waals surface area contributed by atoms with Crippen molar-refractivity contribution in [1.29, 1.82) is 0 Å². The molecule has 20 heavy (non-hydrogen) atoms. The van der Waals surface area contributed by atoms with E-state index in [4.69, 9.17) is 23.2 Å². The van der Waals surface area contributed by atoms with E-state index in [-0.39, 0.29) is 5.25 Å². The van der Waals surface area contributed by atoms with Gasteiger partial charge in [-0.1, -0.05) is 37.0 Å². The molecule has 8 heteroatoms. The third-order valence-electron chi connectivity index (χ3n) is 2.68. The van der Waals surface area contributed by atoms with Crippen LogP contribution in [0.5, 0.6) is 0 Å². The fourth-order valence-corrected chi connectivity index (χ4v) is 4.92. The molecule has 2 rings (SSSR count). The summed E-state index contributed by atoms with van der Waals surface area (Å²) < 4.78 is 23.1. The number of benzene rings is 1. The maximum Gasteiger partial charge on any atom is 0.223 e. The lowest BCUT2D eigenvalue weighted by Crippen LogP contribution is -2.46. The minimum Gasteiger partial charge on any atom is -0.352 e. The molecule has 4 nitrogen and oxygen atoms in total. The van der Waals surface area contributed by atoms with E-state index in [2.05, 4.69) is 10.3 Å². The SMILES string of the molecule is CC(C)SC1(S(C)(=O)=O)C=Nc2cc(Cl)c(Cl)cc2N1. The number of sulfone groups is 1. The summed E-state index contributed by atoms with van der Waals surface area (Å²) in [6, 6.07) is 3.20. The van der Waals surface area contributed by atoms with Gasteiger partial charge in [0.25, 0.3) is 0 Å². The average molecular weight is 353 g/mol. The molecule has 1 atom stereocenters. The Bertz CT molecular complexity index is 674. The van der Waals surface area contributed by atoms with Gasteiger partial charge in [-0.05, 0) is 12.1 Å². The number of aliphatic imine (C=N–C) groups is 1. The van der Waals surface area contributed by atoms with Crippen LogP contribution in [0, 0.1) is 0 Å². The summed E-state index contributed by atoms with van der Waals surface area (Å²) >= 11 is 13.2. The van der Waals surface area contributed by atoms with Gasteiger partial charge in [0.1, 0.15) is 0 Å². The van der Waals surface area contributed by atoms with Gasteiger partial charge < -0.3 is 5.32 Å². The fraction of sp³-hybridized carbons (Fsp3) is 0.417. The Balaban J connectivity index is 2.54. The molecule has 0 aromatic heterocycles. The van der Waals surface area contributed by atoms with Crippen molar-refractivity contribution in [2.24, 2.45) is 4.99 Å². The Morgan fingerprint density at radius 2 is 1.90 bits per heavy atom. The molecular weight excluding hydrogens is 339 g/mol. The normalized spacial score (nSPS) is 21.7. The predicted octanol–water partition coefficient (Wildman–Crippen LogP) is 3.96. The van der Waals surface area contributed by atoms with E-state index in [1.807, 2.05) is 13.8 Å². The zero-order valence-corrected chi connectivity index (χ0v) is 14.3. The summed E-state index contributed by atoms with van der Waals surface area (Å²) in [7, 11) is -3.42. The highest BCUT2D eigenvalue weighted by Crippen LogP contribution is 2.43. The Morgan fingerprint density at radius 1 is 1.30 bits per heavy atom. The Morgan fingerprint density at radius 3 is 2.45 bits per heavy atom. The Kier molecular flexibility index (Phi) is 4.31. The van der Waals surface area contributed by atoms with Crippen LogP contribution in [-0.2, 0) is 9.84 Å². The van der Waals surface area contributed by atoms with Crippen LogP contribution in [-0.4, -0.2) is 30.3 Å². The molecule has 0 saturated carbocycles. The molecule has 0 aliphatic carbocycles. The number of nitrogens with zero attached hydrogens (tertiary/aromatic N) is 1. The van der Waals surface area contributed by atoms with Crippen LogP contribution in [0.2, 0.25) is 10.0 Å². The van der Waals surface area contributed by atoms with Crippen LogP contribution in [0.3, 0.4) is 0 Å². The van der Waals surface area contributed by atoms with Crippen molar-refractivity contribution in [2.75, 3.05) is 11.6 Å². The number of rotatable bonds is 3. The summed E-state index contributed by atoms with van der Waals surface area (Å²) in [6.45, 7) is 3.86. The highest BCUT2D eigenvalue weighted by Gasteiger charge is 2.43. The van der Waals surface area contributed by atoms with Crippen LogP contribution < -0.4 is 5.32 Å². The molecule has 1 aliphatic rings. The maximum atomic E-state index is 12.2. The molecule has 1 aromatic carbocycles. The molecule has 0 radical (unpaired) electrons. The lowest BCUT2D eigenvalue weighted by molar-refractivity contribution is 0.597. The molecule has 1 aliphatic heterocycles. The van der Waals surface area contributed by atoms with Crippen molar-refractivity contribution in [3.63, 3.8) is 0 Å². The van der Waals surface area contributed by atoms with E-state index < -0.39 is 14.0 Å². The first kappa shape index (κ1) is 15.9. The summed E-state index contributed by atoms with van der Waals surface area (Å²) in [5, 5.41) is 3.87. The Hall–Kier alpha value is -0.430. The first-order chi connectivity index (χ1) is 9.14. The van der Waals surface area contributed by atoms with Gasteiger partial charge >= 0.3 is 0 Å². The van der Waals surface area contributed by atoms with Gasteiger partial charge in [0.15, 0.2) is 9.84 Å². The maximum absolute atomic E-state index is 12.2. The minimum atomic E-state index is -3.42. The van der Waals surface area contributed by atoms with Gasteiger partial charge in [-0.3, -0.25) is 4.99 Å². The molecule has 1 N–H and O–H groups in total. The zero-order valence-electron chi connectivity index (χ0n) is 11.1. The second-order valence-corrected chi connectivity index (χ2v) is 9.86. The van der Waals surface area contributed by atoms with Gasteiger partial charge in [0, 0.05) is 11.5 Å². The number of anilines is 1. The van der Waals surface area contributed by atoms with Gasteiger partial charge in [0.2, 0.25) is 4.20 Å². The van der Waals surface area contributed by atoms with Crippen molar-refractivity contribution < 1.29 is 8.42 Å². The van der Waals surface area contributed by atoms with E-state index in [1.165, 1.54) is 24.2 Å². The molecule has 0 fully saturated rings. The fourth-order valence-electron chi connectivity index (χ4n) is 1.80. The largest absolute Gasteiger partial charge is 0.352 e. The average Bonchev–Trinajstić information content (AvgIpc) is 2.29. The molecule has 0 spiro atoms. The first-order valence-electron chi connectivity index (χ1n) is 5.84. The zero-order chi connectivity index (χ0) is 15.1. The van der Waals surface area contributed by atoms with Crippen LogP contribution in [0.25, 0.3) is 0 Å². The van der Waals surface area contributed by atoms with Crippen molar-refractivity contribution in [3.05, 3.63) is 22.2 Å². The molecular formula is C12H14Cl2N2O2S2. The smallest absolute Gasteiger partial charge is 0.223 e. The molecule has 1 heterocycles. The van der Waals surface area contributed by atoms with Gasteiger partial charge in [-0.2, -0.15) is 0 Å². The van der Waals surface area contributed by atoms with E-state index in [9.17, 15) is 8.42 Å². The van der Waals surface area contributed by atoms with E-state index in [0.717, 1.165) is 0 Å². The highest BCUT2D eigenvalue weighted by molar-refractivity contribution is 8.16. The van der Waals surface area contributed by atoms with Crippen molar-refractivity contribution >= 4 is 62.4 Å². The molecule has 0 bridgehead atoms. The van der Waals surface area contributed by atoms with Crippen LogP contribution in [0.4, 0.5) is 11.4 Å². The quantitative estimate of drug-likeness (QED) is 0.894. The standard InChI is InChI=1S/C12H14Cl2N2O2S2/c1-7(2)19-12(20(3,17)18)6-15-10-4-8(13)9(14)5-11(10)16-12/h4-7,16H,1-3H3. The number of thioether (sulfide) groups is 1. The lowest BCUT2D eigenvalue weighted by Gasteiger charge is -2.34. The van der Waals surface area contributed by atoms with E-state index in [0.29, 0.717) is 21.4 Å². The second-order valence-electron chi connectivity index (χ2n) is 4.77. The van der Waals surface area contributed by atoms with Gasteiger partial charge in [-0.25, -0.2) is 8.42 Å². The molecule has 1 aromatic rings. The Labute approximate surface area is 132 Å². The monoisotopic (exact) mass is 352 g/mol. The number of fused-ring (bicyclic) bond motifs is 1. The number of hydrogen-bond donors (Lipinski definition) is 1.